The molecule has 0 atom stereocenters. The second-order valence-electron chi connectivity index (χ2n) is 4.34. The Kier molecular flexibility index (Phi) is 5.37. The Labute approximate surface area is 132 Å². The van der Waals surface area contributed by atoms with E-state index in [0.717, 1.165) is 11.1 Å². The first-order chi connectivity index (χ1) is 10.0. The predicted octanol–water partition coefficient (Wildman–Crippen LogP) is 4.46. The van der Waals surface area contributed by atoms with Crippen LogP contribution in [0, 0.1) is 5.82 Å². The Morgan fingerprint density at radius 3 is 2.52 bits per heavy atom. The van der Waals surface area contributed by atoms with Crippen molar-refractivity contribution in [1.82, 2.24) is 5.32 Å². The highest BCUT2D eigenvalue weighted by Gasteiger charge is 2.02. The number of hydrogen-bond donors (Lipinski definition) is 1. The summed E-state index contributed by atoms with van der Waals surface area (Å²) in [7, 11) is 0. The molecule has 2 rings (SSSR count). The van der Waals surface area contributed by atoms with Gasteiger partial charge in [0.15, 0.2) is 0 Å². The van der Waals surface area contributed by atoms with E-state index in [0.29, 0.717) is 16.6 Å². The van der Waals surface area contributed by atoms with Gasteiger partial charge in [0, 0.05) is 22.7 Å². The third-order valence-electron chi connectivity index (χ3n) is 2.77. The number of carbonyl (C=O) groups excluding carboxylic acids is 1. The first kappa shape index (κ1) is 15.5. The molecule has 1 N–H and O–H groups in total. The Morgan fingerprint density at radius 2 is 1.86 bits per heavy atom. The number of amides is 1. The highest BCUT2D eigenvalue weighted by molar-refractivity contribution is 6.35. The zero-order chi connectivity index (χ0) is 15.2. The number of benzene rings is 2. The molecule has 21 heavy (non-hydrogen) atoms. The van der Waals surface area contributed by atoms with Gasteiger partial charge in [-0.15, -0.1) is 0 Å². The molecule has 0 aromatic heterocycles. The van der Waals surface area contributed by atoms with Crippen molar-refractivity contribution in [2.45, 2.75) is 6.54 Å². The topological polar surface area (TPSA) is 29.1 Å². The molecular formula is C16H12Cl2FNO. The molecule has 0 aliphatic heterocycles. The standard InChI is InChI=1S/C16H12Cl2FNO/c17-13-5-4-12(15(18)9-13)10-20-16(21)8-3-11-1-6-14(19)7-2-11/h1-9H,10H2,(H,20,21)/b8-3+. The molecular weight excluding hydrogens is 312 g/mol. The van der Waals surface area contributed by atoms with Crippen LogP contribution in [-0.2, 0) is 11.3 Å². The van der Waals surface area contributed by atoms with Crippen LogP contribution in [0.1, 0.15) is 11.1 Å². The molecule has 2 aromatic rings. The Bertz CT molecular complexity index is 668. The van der Waals surface area contributed by atoms with Crippen LogP contribution in [0.5, 0.6) is 0 Å². The third kappa shape index (κ3) is 4.88. The lowest BCUT2D eigenvalue weighted by atomic mass is 10.2. The summed E-state index contributed by atoms with van der Waals surface area (Å²) >= 11 is 11.8. The van der Waals surface area contributed by atoms with Crippen molar-refractivity contribution in [3.05, 3.63) is 75.5 Å². The highest BCUT2D eigenvalue weighted by atomic mass is 35.5. The minimum absolute atomic E-state index is 0.259. The van der Waals surface area contributed by atoms with Gasteiger partial charge in [0.05, 0.1) is 0 Å². The van der Waals surface area contributed by atoms with Crippen LogP contribution >= 0.6 is 23.2 Å². The fourth-order valence-electron chi connectivity index (χ4n) is 1.65. The zero-order valence-electron chi connectivity index (χ0n) is 10.9. The van der Waals surface area contributed by atoms with E-state index in [9.17, 15) is 9.18 Å². The monoisotopic (exact) mass is 323 g/mol. The number of halogens is 3. The molecule has 0 saturated heterocycles. The van der Waals surface area contributed by atoms with Gasteiger partial charge < -0.3 is 5.32 Å². The van der Waals surface area contributed by atoms with Crippen LogP contribution in [0.4, 0.5) is 4.39 Å². The number of rotatable bonds is 4. The number of hydrogen-bond acceptors (Lipinski definition) is 1. The molecule has 0 unspecified atom stereocenters. The second kappa shape index (κ2) is 7.25. The molecule has 5 heteroatoms. The summed E-state index contributed by atoms with van der Waals surface area (Å²) in [5.41, 5.74) is 1.53. The van der Waals surface area contributed by atoms with E-state index in [4.69, 9.17) is 23.2 Å². The molecule has 108 valence electrons. The molecule has 0 aliphatic rings. The smallest absolute Gasteiger partial charge is 0.244 e. The Hall–Kier alpha value is -1.84. The average molecular weight is 324 g/mol. The van der Waals surface area contributed by atoms with E-state index in [1.54, 1.807) is 36.4 Å². The lowest BCUT2D eigenvalue weighted by molar-refractivity contribution is -0.116. The van der Waals surface area contributed by atoms with E-state index in [1.807, 2.05) is 0 Å². The quantitative estimate of drug-likeness (QED) is 0.827. The third-order valence-corrected chi connectivity index (χ3v) is 3.35. The molecule has 0 aliphatic carbocycles. The summed E-state index contributed by atoms with van der Waals surface area (Å²) in [4.78, 5) is 11.7. The maximum atomic E-state index is 12.7. The first-order valence-electron chi connectivity index (χ1n) is 6.20. The maximum absolute atomic E-state index is 12.7. The first-order valence-corrected chi connectivity index (χ1v) is 6.95. The van der Waals surface area contributed by atoms with Gasteiger partial charge >= 0.3 is 0 Å². The van der Waals surface area contributed by atoms with Gasteiger partial charge in [-0.2, -0.15) is 0 Å². The van der Waals surface area contributed by atoms with Gasteiger partial charge in [-0.3, -0.25) is 4.79 Å². The normalized spacial score (nSPS) is 10.8. The number of nitrogens with one attached hydrogen (secondary N) is 1. The van der Waals surface area contributed by atoms with Gasteiger partial charge in [-0.05, 0) is 41.5 Å². The van der Waals surface area contributed by atoms with E-state index < -0.39 is 0 Å². The lowest BCUT2D eigenvalue weighted by Crippen LogP contribution is -2.20. The zero-order valence-corrected chi connectivity index (χ0v) is 12.5. The molecule has 0 radical (unpaired) electrons. The molecule has 0 bridgehead atoms. The minimum atomic E-state index is -0.311. The Morgan fingerprint density at radius 1 is 1.14 bits per heavy atom. The molecule has 2 aromatic carbocycles. The molecule has 1 amide bonds. The molecule has 2 nitrogen and oxygen atoms in total. The lowest BCUT2D eigenvalue weighted by Gasteiger charge is -2.05. The minimum Gasteiger partial charge on any atom is -0.348 e. The van der Waals surface area contributed by atoms with Crippen LogP contribution < -0.4 is 5.32 Å². The predicted molar refractivity (Wildman–Crippen MR) is 83.7 cm³/mol. The molecule has 0 heterocycles. The van der Waals surface area contributed by atoms with Crippen molar-refractivity contribution in [3.63, 3.8) is 0 Å². The number of carbonyl (C=O) groups is 1. The van der Waals surface area contributed by atoms with Gasteiger partial charge in [0.1, 0.15) is 5.82 Å². The van der Waals surface area contributed by atoms with Gasteiger partial charge in [-0.1, -0.05) is 41.4 Å². The van der Waals surface area contributed by atoms with Crippen molar-refractivity contribution in [2.75, 3.05) is 0 Å². The SMILES string of the molecule is O=C(/C=C/c1ccc(F)cc1)NCc1ccc(Cl)cc1Cl. The van der Waals surface area contributed by atoms with Crippen LogP contribution in [-0.4, -0.2) is 5.91 Å². The van der Waals surface area contributed by atoms with Gasteiger partial charge in [0.2, 0.25) is 5.91 Å². The summed E-state index contributed by atoms with van der Waals surface area (Å²) in [5, 5.41) is 3.77. The largest absolute Gasteiger partial charge is 0.348 e. The van der Waals surface area contributed by atoms with Crippen molar-refractivity contribution in [1.29, 1.82) is 0 Å². The molecule has 0 saturated carbocycles. The fraction of sp³-hybridized carbons (Fsp3) is 0.0625. The van der Waals surface area contributed by atoms with Crippen LogP contribution in [0.25, 0.3) is 6.08 Å². The second-order valence-corrected chi connectivity index (χ2v) is 5.18. The van der Waals surface area contributed by atoms with Gasteiger partial charge in [0.25, 0.3) is 0 Å². The van der Waals surface area contributed by atoms with Crippen molar-refractivity contribution < 1.29 is 9.18 Å². The van der Waals surface area contributed by atoms with Crippen molar-refractivity contribution in [3.8, 4) is 0 Å². The van der Waals surface area contributed by atoms with E-state index >= 15 is 0 Å². The highest BCUT2D eigenvalue weighted by Crippen LogP contribution is 2.20. The summed E-state index contributed by atoms with van der Waals surface area (Å²) in [6, 6.07) is 11.0. The summed E-state index contributed by atoms with van der Waals surface area (Å²) in [5.74, 6) is -0.570. The van der Waals surface area contributed by atoms with Crippen LogP contribution in [0.3, 0.4) is 0 Å². The molecule has 0 fully saturated rings. The Balaban J connectivity index is 1.91. The van der Waals surface area contributed by atoms with E-state index in [2.05, 4.69) is 5.32 Å². The summed E-state index contributed by atoms with van der Waals surface area (Å²) in [6.45, 7) is 0.308. The van der Waals surface area contributed by atoms with Gasteiger partial charge in [-0.25, -0.2) is 4.39 Å². The van der Waals surface area contributed by atoms with Crippen molar-refractivity contribution >= 4 is 35.2 Å². The van der Waals surface area contributed by atoms with Crippen LogP contribution in [0.2, 0.25) is 10.0 Å². The molecule has 0 spiro atoms. The fourth-order valence-corrected chi connectivity index (χ4v) is 2.13. The average Bonchev–Trinajstić information content (AvgIpc) is 2.46. The van der Waals surface area contributed by atoms with E-state index in [1.165, 1.54) is 18.2 Å². The summed E-state index contributed by atoms with van der Waals surface area (Å²) in [6.07, 6.45) is 3.00. The van der Waals surface area contributed by atoms with E-state index in [-0.39, 0.29) is 11.7 Å². The van der Waals surface area contributed by atoms with Crippen molar-refractivity contribution in [2.24, 2.45) is 0 Å². The summed E-state index contributed by atoms with van der Waals surface area (Å²) < 4.78 is 12.7. The van der Waals surface area contributed by atoms with Crippen LogP contribution in [0.15, 0.2) is 48.5 Å². The maximum Gasteiger partial charge on any atom is 0.244 e.